The number of anilines is 1. The summed E-state index contributed by atoms with van der Waals surface area (Å²) >= 11 is 1.23. The molecule has 7 heteroatoms. The largest absolute Gasteiger partial charge is 0.453 e. The van der Waals surface area contributed by atoms with Crippen LogP contribution >= 0.6 is 11.3 Å². The highest BCUT2D eigenvalue weighted by atomic mass is 32.1. The first kappa shape index (κ1) is 15.2. The highest BCUT2D eigenvalue weighted by Crippen LogP contribution is 2.23. The maximum Gasteiger partial charge on any atom is 0.413 e. The van der Waals surface area contributed by atoms with E-state index >= 15 is 0 Å². The predicted molar refractivity (Wildman–Crippen MR) is 72.3 cm³/mol. The van der Waals surface area contributed by atoms with Gasteiger partial charge in [0.15, 0.2) is 0 Å². The summed E-state index contributed by atoms with van der Waals surface area (Å²) in [5, 5.41) is 6.81. The van der Waals surface area contributed by atoms with Crippen molar-refractivity contribution in [3.63, 3.8) is 0 Å². The van der Waals surface area contributed by atoms with E-state index in [0.29, 0.717) is 11.4 Å². The topological polar surface area (TPSA) is 84.5 Å². The van der Waals surface area contributed by atoms with Gasteiger partial charge in [0.2, 0.25) is 5.91 Å². The summed E-state index contributed by atoms with van der Waals surface area (Å²) in [5.74, 6) is -0.740. The van der Waals surface area contributed by atoms with Crippen LogP contribution in [0.1, 0.15) is 36.5 Å². The Morgan fingerprint density at radius 2 is 2.11 bits per heavy atom. The number of unbranched alkanes of at least 4 members (excludes halogenated alkanes) is 1. The minimum Gasteiger partial charge on any atom is -0.453 e. The molecule has 3 amide bonds. The van der Waals surface area contributed by atoms with Crippen molar-refractivity contribution in [1.29, 1.82) is 0 Å². The number of carbonyl (C=O) groups excluding carboxylic acids is 3. The van der Waals surface area contributed by atoms with Gasteiger partial charge in [-0.2, -0.15) is 0 Å². The quantitative estimate of drug-likeness (QED) is 0.869. The van der Waals surface area contributed by atoms with Crippen molar-refractivity contribution in [2.45, 2.75) is 26.2 Å². The molecule has 0 atom stereocenters. The fourth-order valence-electron chi connectivity index (χ4n) is 1.32. The average Bonchev–Trinajstić information content (AvgIpc) is 2.84. The Bertz CT molecular complexity index is 470. The predicted octanol–water partition coefficient (Wildman–Crippen LogP) is 2.37. The van der Waals surface area contributed by atoms with Crippen molar-refractivity contribution in [1.82, 2.24) is 5.32 Å². The molecule has 0 aromatic carbocycles. The molecule has 1 heterocycles. The smallest absolute Gasteiger partial charge is 0.413 e. The number of amides is 3. The molecule has 6 nitrogen and oxygen atoms in total. The van der Waals surface area contributed by atoms with Gasteiger partial charge in [0.25, 0.3) is 5.91 Å². The number of nitrogens with one attached hydrogen (secondary N) is 2. The van der Waals surface area contributed by atoms with E-state index in [1.165, 1.54) is 18.4 Å². The van der Waals surface area contributed by atoms with E-state index in [1.54, 1.807) is 11.4 Å². The minimum atomic E-state index is -0.834. The minimum absolute atomic E-state index is 0.142. The second kappa shape index (κ2) is 7.52. The highest BCUT2D eigenvalue weighted by Gasteiger charge is 2.17. The number of hydrogen-bond acceptors (Lipinski definition) is 5. The van der Waals surface area contributed by atoms with Crippen LogP contribution in [0.2, 0.25) is 0 Å². The van der Waals surface area contributed by atoms with Crippen LogP contribution in [0.25, 0.3) is 0 Å². The Morgan fingerprint density at radius 1 is 1.37 bits per heavy atom. The average molecular weight is 284 g/mol. The van der Waals surface area contributed by atoms with Crippen molar-refractivity contribution in [3.05, 3.63) is 17.0 Å². The van der Waals surface area contributed by atoms with Crippen LogP contribution in [0.5, 0.6) is 0 Å². The van der Waals surface area contributed by atoms with Gasteiger partial charge in [0, 0.05) is 6.42 Å². The van der Waals surface area contributed by atoms with Crippen LogP contribution in [-0.2, 0) is 9.53 Å². The van der Waals surface area contributed by atoms with Crippen LogP contribution in [0, 0.1) is 0 Å². The number of ether oxygens (including phenoxy) is 1. The first-order valence-electron chi connectivity index (χ1n) is 5.85. The number of hydrogen-bond donors (Lipinski definition) is 2. The Hall–Kier alpha value is -1.89. The molecule has 0 aliphatic rings. The molecule has 0 aliphatic carbocycles. The zero-order valence-electron chi connectivity index (χ0n) is 10.8. The van der Waals surface area contributed by atoms with E-state index in [4.69, 9.17) is 0 Å². The molecule has 2 N–H and O–H groups in total. The molecule has 0 unspecified atom stereocenters. The van der Waals surface area contributed by atoms with Gasteiger partial charge in [-0.25, -0.2) is 4.79 Å². The SMILES string of the molecule is CCCCC(=O)Nc1sccc1C(=O)NC(=O)OC. The number of rotatable bonds is 5. The van der Waals surface area contributed by atoms with Gasteiger partial charge in [-0.1, -0.05) is 13.3 Å². The summed E-state index contributed by atoms with van der Waals surface area (Å²) in [7, 11) is 1.17. The second-order valence-electron chi connectivity index (χ2n) is 3.76. The number of methoxy groups -OCH3 is 1. The maximum atomic E-state index is 11.7. The molecule has 1 rings (SSSR count). The third kappa shape index (κ3) is 4.70. The Morgan fingerprint density at radius 3 is 2.74 bits per heavy atom. The Kier molecular flexibility index (Phi) is 6.01. The monoisotopic (exact) mass is 284 g/mol. The van der Waals surface area contributed by atoms with E-state index in [-0.39, 0.29) is 11.5 Å². The lowest BCUT2D eigenvalue weighted by atomic mass is 10.2. The lowest BCUT2D eigenvalue weighted by molar-refractivity contribution is -0.116. The summed E-state index contributed by atoms with van der Waals surface area (Å²) in [5.41, 5.74) is 0.250. The highest BCUT2D eigenvalue weighted by molar-refractivity contribution is 7.14. The van der Waals surface area contributed by atoms with Crippen LogP contribution in [0.3, 0.4) is 0 Å². The molecule has 19 heavy (non-hydrogen) atoms. The molecule has 1 aromatic rings. The third-order valence-corrected chi connectivity index (χ3v) is 3.15. The van der Waals surface area contributed by atoms with Crippen molar-refractivity contribution in [2.24, 2.45) is 0 Å². The second-order valence-corrected chi connectivity index (χ2v) is 4.68. The first-order chi connectivity index (χ1) is 9.08. The molecule has 104 valence electrons. The zero-order valence-corrected chi connectivity index (χ0v) is 11.6. The standard InChI is InChI=1S/C12H16N2O4S/c1-3-4-5-9(15)13-11-8(6-7-19-11)10(16)14-12(17)18-2/h6-7H,3-5H2,1-2H3,(H,13,15)(H,14,16,17). The number of carbonyl (C=O) groups is 3. The molecule has 0 aliphatic heterocycles. The van der Waals surface area contributed by atoms with Crippen molar-refractivity contribution in [3.8, 4) is 0 Å². The van der Waals surface area contributed by atoms with E-state index in [1.807, 2.05) is 12.2 Å². The molecule has 0 saturated heterocycles. The number of imide groups is 1. The van der Waals surface area contributed by atoms with Gasteiger partial charge in [-0.15, -0.1) is 11.3 Å². The number of thiophene rings is 1. The Balaban J connectivity index is 2.66. The summed E-state index contributed by atoms with van der Waals surface area (Å²) < 4.78 is 4.34. The lowest BCUT2D eigenvalue weighted by Crippen LogP contribution is -2.30. The summed E-state index contributed by atoms with van der Waals surface area (Å²) in [6.07, 6.45) is 1.29. The summed E-state index contributed by atoms with van der Waals surface area (Å²) in [6, 6.07) is 1.54. The van der Waals surface area contributed by atoms with E-state index in [2.05, 4.69) is 10.1 Å². The van der Waals surface area contributed by atoms with E-state index in [9.17, 15) is 14.4 Å². The third-order valence-electron chi connectivity index (χ3n) is 2.32. The van der Waals surface area contributed by atoms with Crippen molar-refractivity contribution < 1.29 is 19.1 Å². The summed E-state index contributed by atoms with van der Waals surface area (Å²) in [6.45, 7) is 1.99. The fraction of sp³-hybridized carbons (Fsp3) is 0.417. The van der Waals surface area contributed by atoms with Gasteiger partial charge >= 0.3 is 6.09 Å². The molecular weight excluding hydrogens is 268 g/mol. The van der Waals surface area contributed by atoms with E-state index < -0.39 is 12.0 Å². The van der Waals surface area contributed by atoms with Gasteiger partial charge in [-0.3, -0.25) is 14.9 Å². The summed E-state index contributed by atoms with van der Waals surface area (Å²) in [4.78, 5) is 34.3. The van der Waals surface area contributed by atoms with Gasteiger partial charge < -0.3 is 10.1 Å². The molecule has 1 aromatic heterocycles. The Labute approximate surface area is 115 Å². The molecule has 0 radical (unpaired) electrons. The molecule has 0 fully saturated rings. The molecule has 0 spiro atoms. The van der Waals surface area contributed by atoms with E-state index in [0.717, 1.165) is 12.8 Å². The van der Waals surface area contributed by atoms with Crippen LogP contribution in [-0.4, -0.2) is 25.0 Å². The molecule has 0 saturated carbocycles. The molecular formula is C12H16N2O4S. The van der Waals surface area contributed by atoms with Gasteiger partial charge in [0.05, 0.1) is 12.7 Å². The lowest BCUT2D eigenvalue weighted by Gasteiger charge is -2.06. The fourth-order valence-corrected chi connectivity index (χ4v) is 2.12. The maximum absolute atomic E-state index is 11.7. The van der Waals surface area contributed by atoms with Crippen LogP contribution in [0.4, 0.5) is 9.80 Å². The van der Waals surface area contributed by atoms with Gasteiger partial charge in [-0.05, 0) is 17.9 Å². The van der Waals surface area contributed by atoms with Gasteiger partial charge in [0.1, 0.15) is 5.00 Å². The zero-order chi connectivity index (χ0) is 14.3. The normalized spacial score (nSPS) is 9.79. The first-order valence-corrected chi connectivity index (χ1v) is 6.73. The van der Waals surface area contributed by atoms with Crippen molar-refractivity contribution in [2.75, 3.05) is 12.4 Å². The molecule has 0 bridgehead atoms. The van der Waals surface area contributed by atoms with Crippen LogP contribution < -0.4 is 10.6 Å². The number of alkyl carbamates (subject to hydrolysis) is 1. The van der Waals surface area contributed by atoms with Crippen LogP contribution in [0.15, 0.2) is 11.4 Å². The van der Waals surface area contributed by atoms with Crippen molar-refractivity contribution >= 4 is 34.2 Å².